The molecular formula is C24H40N22S. The van der Waals surface area contributed by atoms with E-state index in [1.165, 1.54) is 6.33 Å². The minimum absolute atomic E-state index is 0.0733. The zero-order valence-corrected chi connectivity index (χ0v) is 27.0. The molecule has 0 spiro atoms. The van der Waals surface area contributed by atoms with Crippen LogP contribution in [0.15, 0.2) is 6.33 Å². The number of rotatable bonds is 21. The topological polar surface area (TPSA) is 303 Å². The number of thiol groups is 1. The molecule has 23 heteroatoms. The second kappa shape index (κ2) is 18.4. The fourth-order valence-corrected chi connectivity index (χ4v) is 3.77. The van der Waals surface area contributed by atoms with Gasteiger partial charge in [0, 0.05) is 58.1 Å². The summed E-state index contributed by atoms with van der Waals surface area (Å²) >= 11 is 4.22. The van der Waals surface area contributed by atoms with E-state index in [0.29, 0.717) is 105 Å². The second-order valence-corrected chi connectivity index (χ2v) is 9.93. The summed E-state index contributed by atoms with van der Waals surface area (Å²) in [6.45, 7) is 8.08. The van der Waals surface area contributed by atoms with Gasteiger partial charge in [-0.05, 0) is 13.3 Å². The third-order valence-electron chi connectivity index (χ3n) is 5.63. The number of aryl methyl sites for hydroxylation is 1. The van der Waals surface area contributed by atoms with E-state index in [1.807, 2.05) is 0 Å². The fourth-order valence-electron chi connectivity index (χ4n) is 3.66. The van der Waals surface area contributed by atoms with Gasteiger partial charge < -0.3 is 54.0 Å². The molecule has 12 N–H and O–H groups in total. The fraction of sp³-hybridized carbons (Fsp3) is 0.500. The third kappa shape index (κ3) is 12.4. The lowest BCUT2D eigenvalue weighted by Gasteiger charge is -2.11. The molecule has 4 heterocycles. The molecule has 0 saturated carbocycles. The molecule has 252 valence electrons. The maximum absolute atomic E-state index is 5.86. The maximum Gasteiger partial charge on any atom is 0.229 e. The van der Waals surface area contributed by atoms with Crippen LogP contribution in [-0.4, -0.2) is 118 Å². The smallest absolute Gasteiger partial charge is 0.229 e. The molecule has 0 saturated heterocycles. The van der Waals surface area contributed by atoms with E-state index in [9.17, 15) is 0 Å². The zero-order chi connectivity index (χ0) is 33.3. The maximum atomic E-state index is 5.86. The molecule has 0 aliphatic rings. The molecule has 4 rings (SSSR count). The van der Waals surface area contributed by atoms with Crippen LogP contribution in [-0.2, 0) is 0 Å². The van der Waals surface area contributed by atoms with Crippen LogP contribution in [0.1, 0.15) is 19.2 Å². The molecule has 0 bridgehead atoms. The quantitative estimate of drug-likeness (QED) is 0.0398. The summed E-state index contributed by atoms with van der Waals surface area (Å²) in [5, 5.41) is 25.0. The summed E-state index contributed by atoms with van der Waals surface area (Å²) in [6, 6.07) is 0. The predicted molar refractivity (Wildman–Crippen MR) is 185 cm³/mol. The Labute approximate surface area is 276 Å². The highest BCUT2D eigenvalue weighted by Gasteiger charge is 2.08. The first-order chi connectivity index (χ1) is 22.9. The summed E-state index contributed by atoms with van der Waals surface area (Å²) in [4.78, 5) is 50.7. The molecule has 0 atom stereocenters. The van der Waals surface area contributed by atoms with Gasteiger partial charge in [-0.3, -0.25) is 0 Å². The third-order valence-corrected chi connectivity index (χ3v) is 5.85. The molecule has 22 nitrogen and oxygen atoms in total. The Balaban J connectivity index is 1.17. The van der Waals surface area contributed by atoms with Crippen molar-refractivity contribution in [1.82, 2.24) is 59.8 Å². The first-order valence-electron chi connectivity index (χ1n) is 14.9. The minimum atomic E-state index is 0.0733. The molecule has 0 aromatic carbocycles. The van der Waals surface area contributed by atoms with Crippen molar-refractivity contribution in [3.8, 4) is 0 Å². The van der Waals surface area contributed by atoms with E-state index in [1.54, 1.807) is 6.92 Å². The first kappa shape index (κ1) is 34.3. The van der Waals surface area contributed by atoms with Crippen molar-refractivity contribution in [3.05, 3.63) is 12.2 Å². The lowest BCUT2D eigenvalue weighted by Crippen LogP contribution is -2.20. The highest BCUT2D eigenvalue weighted by atomic mass is 32.1. The summed E-state index contributed by atoms with van der Waals surface area (Å²) in [5.41, 5.74) is 11.5. The van der Waals surface area contributed by atoms with Gasteiger partial charge in [-0.2, -0.15) is 62.5 Å². The molecule has 0 fully saturated rings. The summed E-state index contributed by atoms with van der Waals surface area (Å²) in [7, 11) is 0. The standard InChI is InChI=1S/C24H40N22S/c1-3-4-27-22-44-23(46-24(45-22)34-11-12-47)33-8-6-29-18-36-13-35-17(42-18)28-5-7-31-20-40-16(26)41-21(43-20)32-10-9-30-19-38-14(2)37-15(25)39-19/h13,47H,3-12H2,1-2H3,(H3,25,30,37,38,39)(H2,28,29,35,36,42)(H4,26,31,32,40,41,43)(H3,27,33,34,44,45,46). The predicted octanol–water partition coefficient (Wildman–Crippen LogP) is -0.365. The van der Waals surface area contributed by atoms with Gasteiger partial charge in [0.2, 0.25) is 59.5 Å². The van der Waals surface area contributed by atoms with Crippen LogP contribution in [0, 0.1) is 6.92 Å². The molecular weight excluding hydrogens is 628 g/mol. The van der Waals surface area contributed by atoms with E-state index < -0.39 is 0 Å². The number of hydrogen-bond acceptors (Lipinski definition) is 23. The molecule has 0 radical (unpaired) electrons. The monoisotopic (exact) mass is 668 g/mol. The van der Waals surface area contributed by atoms with E-state index in [0.717, 1.165) is 13.0 Å². The average molecular weight is 669 g/mol. The number of nitrogens with one attached hydrogen (secondary N) is 8. The molecule has 0 aliphatic carbocycles. The largest absolute Gasteiger partial charge is 0.368 e. The van der Waals surface area contributed by atoms with Crippen LogP contribution < -0.4 is 54.0 Å². The van der Waals surface area contributed by atoms with Crippen molar-refractivity contribution in [2.24, 2.45) is 0 Å². The van der Waals surface area contributed by atoms with Crippen LogP contribution in [0.25, 0.3) is 0 Å². The van der Waals surface area contributed by atoms with Gasteiger partial charge >= 0.3 is 0 Å². The van der Waals surface area contributed by atoms with Crippen molar-refractivity contribution in [2.75, 3.05) is 112 Å². The Kier molecular flexibility index (Phi) is 13.4. The highest BCUT2D eigenvalue weighted by Crippen LogP contribution is 2.10. The molecule has 47 heavy (non-hydrogen) atoms. The van der Waals surface area contributed by atoms with Crippen molar-refractivity contribution in [1.29, 1.82) is 0 Å². The van der Waals surface area contributed by atoms with Crippen LogP contribution in [0.5, 0.6) is 0 Å². The van der Waals surface area contributed by atoms with E-state index in [-0.39, 0.29) is 11.9 Å². The Bertz CT molecular complexity index is 1490. The Hall–Kier alpha value is -5.61. The Morgan fingerprint density at radius 3 is 1.23 bits per heavy atom. The van der Waals surface area contributed by atoms with Crippen molar-refractivity contribution in [2.45, 2.75) is 20.3 Å². The summed E-state index contributed by atoms with van der Waals surface area (Å²) in [5.74, 6) is 4.68. The number of aromatic nitrogens is 12. The zero-order valence-electron chi connectivity index (χ0n) is 26.1. The highest BCUT2D eigenvalue weighted by molar-refractivity contribution is 7.80. The van der Waals surface area contributed by atoms with Gasteiger partial charge in [0.25, 0.3) is 0 Å². The van der Waals surface area contributed by atoms with Crippen LogP contribution in [0.3, 0.4) is 0 Å². The molecule has 4 aromatic rings. The van der Waals surface area contributed by atoms with Crippen molar-refractivity contribution in [3.63, 3.8) is 0 Å². The van der Waals surface area contributed by atoms with Gasteiger partial charge in [0.15, 0.2) is 0 Å². The number of nitrogens with zero attached hydrogens (tertiary/aromatic N) is 12. The van der Waals surface area contributed by atoms with E-state index in [2.05, 4.69) is 122 Å². The van der Waals surface area contributed by atoms with E-state index >= 15 is 0 Å². The second-order valence-electron chi connectivity index (χ2n) is 9.48. The van der Waals surface area contributed by atoms with E-state index in [4.69, 9.17) is 11.5 Å². The summed E-state index contributed by atoms with van der Waals surface area (Å²) < 4.78 is 0. The Morgan fingerprint density at radius 2 is 0.809 bits per heavy atom. The van der Waals surface area contributed by atoms with Gasteiger partial charge in [-0.25, -0.2) is 9.97 Å². The van der Waals surface area contributed by atoms with Crippen molar-refractivity contribution >= 4 is 72.1 Å². The number of nitrogens with two attached hydrogens (primary N) is 2. The minimum Gasteiger partial charge on any atom is -0.368 e. The normalized spacial score (nSPS) is 10.6. The van der Waals surface area contributed by atoms with Crippen LogP contribution in [0.4, 0.5) is 59.5 Å². The average Bonchev–Trinajstić information content (AvgIpc) is 3.05. The number of nitrogen functional groups attached to an aromatic ring is 2. The molecule has 0 aliphatic heterocycles. The van der Waals surface area contributed by atoms with Crippen LogP contribution >= 0.6 is 12.6 Å². The van der Waals surface area contributed by atoms with Crippen molar-refractivity contribution < 1.29 is 0 Å². The van der Waals surface area contributed by atoms with Gasteiger partial charge in [0.1, 0.15) is 12.2 Å². The van der Waals surface area contributed by atoms with Gasteiger partial charge in [-0.1, -0.05) is 6.92 Å². The van der Waals surface area contributed by atoms with Gasteiger partial charge in [0.05, 0.1) is 0 Å². The SMILES string of the molecule is CCCNc1nc(NCCS)nc(NCCNc2ncnc(NCCNc3nc(N)nc(NCCNc4nc(C)nc(N)n4)n3)n2)n1. The molecule has 0 amide bonds. The number of anilines is 10. The lowest BCUT2D eigenvalue weighted by molar-refractivity contribution is 0.924. The van der Waals surface area contributed by atoms with Crippen LogP contribution in [0.2, 0.25) is 0 Å². The Morgan fingerprint density at radius 1 is 0.468 bits per heavy atom. The van der Waals surface area contributed by atoms with Gasteiger partial charge in [-0.15, -0.1) is 0 Å². The molecule has 0 unspecified atom stereocenters. The lowest BCUT2D eigenvalue weighted by atomic mass is 10.5. The summed E-state index contributed by atoms with van der Waals surface area (Å²) in [6.07, 6.45) is 2.37. The number of hydrogen-bond donors (Lipinski definition) is 11. The molecule has 4 aromatic heterocycles. The first-order valence-corrected chi connectivity index (χ1v) is 15.5.